The van der Waals surface area contributed by atoms with Gasteiger partial charge in [-0.25, -0.2) is 4.79 Å². The van der Waals surface area contributed by atoms with Crippen molar-refractivity contribution in [2.45, 2.75) is 45.2 Å². The second-order valence-electron chi connectivity index (χ2n) is 5.02. The van der Waals surface area contributed by atoms with Crippen LogP contribution in [0, 0.1) is 0 Å². The molecule has 1 aliphatic heterocycles. The lowest BCUT2D eigenvalue weighted by molar-refractivity contribution is -0.171. The van der Waals surface area contributed by atoms with Crippen LogP contribution in [0.15, 0.2) is 0 Å². The van der Waals surface area contributed by atoms with Crippen molar-refractivity contribution in [1.82, 2.24) is 4.90 Å². The van der Waals surface area contributed by atoms with Crippen molar-refractivity contribution in [3.8, 4) is 0 Å². The van der Waals surface area contributed by atoms with E-state index in [0.29, 0.717) is 0 Å². The maximum atomic E-state index is 12.1. The van der Waals surface area contributed by atoms with Crippen LogP contribution in [0.2, 0.25) is 0 Å². The highest BCUT2D eigenvalue weighted by molar-refractivity contribution is 5.71. The van der Waals surface area contributed by atoms with E-state index < -0.39 is 48.5 Å². The Bertz CT molecular complexity index is 506. The third-order valence-corrected chi connectivity index (χ3v) is 3.30. The molecule has 1 amide bonds. The number of amides is 1. The van der Waals surface area contributed by atoms with Crippen LogP contribution in [0.25, 0.3) is 0 Å². The van der Waals surface area contributed by atoms with Gasteiger partial charge in [-0.2, -0.15) is 0 Å². The minimum absolute atomic E-state index is 0.292. The molecule has 0 aromatic rings. The van der Waals surface area contributed by atoms with Gasteiger partial charge in [-0.05, 0) is 0 Å². The van der Waals surface area contributed by atoms with Gasteiger partial charge in [0.15, 0.2) is 18.4 Å². The van der Waals surface area contributed by atoms with Crippen LogP contribution in [-0.4, -0.2) is 74.2 Å². The lowest BCUT2D eigenvalue weighted by Crippen LogP contribution is -2.47. The smallest absolute Gasteiger partial charge is 0.412 e. The van der Waals surface area contributed by atoms with Gasteiger partial charge in [0.1, 0.15) is 12.6 Å². The second kappa shape index (κ2) is 8.48. The van der Waals surface area contributed by atoms with Crippen LogP contribution in [0.5, 0.6) is 0 Å². The highest BCUT2D eigenvalue weighted by Crippen LogP contribution is 2.31. The predicted molar refractivity (Wildman–Crippen MR) is 76.6 cm³/mol. The first-order valence-corrected chi connectivity index (χ1v) is 7.09. The van der Waals surface area contributed by atoms with E-state index in [-0.39, 0.29) is 6.61 Å². The average molecular weight is 347 g/mol. The highest BCUT2D eigenvalue weighted by Gasteiger charge is 2.56. The summed E-state index contributed by atoms with van der Waals surface area (Å²) >= 11 is 0. The largest absolute Gasteiger partial charge is 0.464 e. The lowest BCUT2D eigenvalue weighted by Gasteiger charge is -2.27. The summed E-state index contributed by atoms with van der Waals surface area (Å²) in [6, 6.07) is -0.945. The van der Waals surface area contributed by atoms with Gasteiger partial charge < -0.3 is 23.7 Å². The molecule has 0 unspecified atom stereocenters. The van der Waals surface area contributed by atoms with Gasteiger partial charge in [-0.1, -0.05) is 0 Å². The third-order valence-electron chi connectivity index (χ3n) is 3.30. The molecule has 0 aromatic carbocycles. The van der Waals surface area contributed by atoms with Crippen molar-refractivity contribution < 1.29 is 42.9 Å². The van der Waals surface area contributed by atoms with Gasteiger partial charge in [0.25, 0.3) is 0 Å². The molecule has 1 saturated heterocycles. The van der Waals surface area contributed by atoms with Crippen LogP contribution in [0.3, 0.4) is 0 Å². The predicted octanol–water partition coefficient (Wildman–Crippen LogP) is -0.164. The van der Waals surface area contributed by atoms with E-state index in [1.165, 1.54) is 21.0 Å². The molecule has 136 valence electrons. The lowest BCUT2D eigenvalue weighted by atomic mass is 10.1. The van der Waals surface area contributed by atoms with Crippen molar-refractivity contribution >= 4 is 24.0 Å². The Balaban J connectivity index is 3.24. The van der Waals surface area contributed by atoms with Crippen molar-refractivity contribution in [3.63, 3.8) is 0 Å². The van der Waals surface area contributed by atoms with E-state index in [9.17, 15) is 19.2 Å². The number of hydrogen-bond donors (Lipinski definition) is 0. The third kappa shape index (κ3) is 4.57. The zero-order valence-electron chi connectivity index (χ0n) is 14.1. The fraction of sp³-hybridized carbons (Fsp3) is 0.714. The zero-order chi connectivity index (χ0) is 18.4. The number of nitrogens with zero attached hydrogens (tertiary/aromatic N) is 1. The number of carbonyl (C=O) groups is 4. The molecule has 1 heterocycles. The topological polar surface area (TPSA) is 118 Å². The van der Waals surface area contributed by atoms with Gasteiger partial charge in [-0.3, -0.25) is 19.3 Å². The molecule has 10 heteroatoms. The number of likely N-dealkylation sites (tertiary alicyclic amines) is 1. The fourth-order valence-corrected chi connectivity index (χ4v) is 2.51. The van der Waals surface area contributed by atoms with Crippen molar-refractivity contribution in [2.24, 2.45) is 0 Å². The average Bonchev–Trinajstić information content (AvgIpc) is 2.76. The summed E-state index contributed by atoms with van der Waals surface area (Å²) in [6.45, 7) is 3.23. The summed E-state index contributed by atoms with van der Waals surface area (Å²) in [6.07, 6.45) is -4.08. The first kappa shape index (κ1) is 19.7. The van der Waals surface area contributed by atoms with E-state index in [2.05, 4.69) is 0 Å². The Labute approximate surface area is 138 Å². The van der Waals surface area contributed by atoms with Crippen molar-refractivity contribution in [1.29, 1.82) is 0 Å². The number of methoxy groups -OCH3 is 2. The molecule has 24 heavy (non-hydrogen) atoms. The molecule has 10 nitrogen and oxygen atoms in total. The number of carbonyl (C=O) groups excluding carboxylic acids is 4. The minimum Gasteiger partial charge on any atom is -0.464 e. The standard InChI is InChI=1S/C14H21NO9/c1-7(16)22-6-10-11(23-8(2)17)12(24-9(3)18)13(20-4)15(10)14(19)21-5/h10-13H,6H2,1-5H3/t10-,11-,12-,13+/m1/s1. The summed E-state index contributed by atoms with van der Waals surface area (Å²) in [5.41, 5.74) is 0. The van der Waals surface area contributed by atoms with E-state index in [0.717, 1.165) is 18.9 Å². The summed E-state index contributed by atoms with van der Waals surface area (Å²) in [5, 5.41) is 0. The quantitative estimate of drug-likeness (QED) is 0.493. The fourth-order valence-electron chi connectivity index (χ4n) is 2.51. The Kier molecular flexibility index (Phi) is 6.96. The minimum atomic E-state index is -1.10. The number of rotatable bonds is 5. The zero-order valence-corrected chi connectivity index (χ0v) is 14.1. The molecule has 1 rings (SSSR count). The van der Waals surface area contributed by atoms with E-state index in [4.69, 9.17) is 23.7 Å². The van der Waals surface area contributed by atoms with Gasteiger partial charge in [-0.15, -0.1) is 0 Å². The number of hydrogen-bond acceptors (Lipinski definition) is 9. The van der Waals surface area contributed by atoms with E-state index in [1.54, 1.807) is 0 Å². The van der Waals surface area contributed by atoms with Crippen molar-refractivity contribution in [3.05, 3.63) is 0 Å². The van der Waals surface area contributed by atoms with E-state index in [1.807, 2.05) is 0 Å². The molecule has 0 saturated carbocycles. The molecule has 0 N–H and O–H groups in total. The number of ether oxygens (including phenoxy) is 5. The van der Waals surface area contributed by atoms with Gasteiger partial charge in [0.2, 0.25) is 0 Å². The SMILES string of the molecule is COC(=O)N1[C@H](COC(C)=O)[C@@H](OC(C)=O)[C@@H](OC(C)=O)[C@@H]1OC. The van der Waals surface area contributed by atoms with Crippen LogP contribution >= 0.6 is 0 Å². The monoisotopic (exact) mass is 347 g/mol. The maximum Gasteiger partial charge on any atom is 0.412 e. The first-order valence-electron chi connectivity index (χ1n) is 7.09. The first-order chi connectivity index (χ1) is 11.2. The summed E-state index contributed by atoms with van der Waals surface area (Å²) in [4.78, 5) is 47.1. The summed E-state index contributed by atoms with van der Waals surface area (Å²) < 4.78 is 25.2. The Hall–Kier alpha value is -2.36. The van der Waals surface area contributed by atoms with Gasteiger partial charge in [0.05, 0.1) is 7.11 Å². The van der Waals surface area contributed by atoms with Crippen LogP contribution in [0.4, 0.5) is 4.79 Å². The second-order valence-corrected chi connectivity index (χ2v) is 5.02. The molecule has 1 fully saturated rings. The molecule has 4 atom stereocenters. The van der Waals surface area contributed by atoms with Crippen LogP contribution < -0.4 is 0 Å². The Morgan fingerprint density at radius 2 is 1.42 bits per heavy atom. The maximum absolute atomic E-state index is 12.1. The van der Waals surface area contributed by atoms with Crippen LogP contribution in [-0.2, 0) is 38.1 Å². The highest BCUT2D eigenvalue weighted by atomic mass is 16.6. The molecule has 0 aliphatic carbocycles. The van der Waals surface area contributed by atoms with Crippen molar-refractivity contribution in [2.75, 3.05) is 20.8 Å². The van der Waals surface area contributed by atoms with Gasteiger partial charge >= 0.3 is 24.0 Å². The van der Waals surface area contributed by atoms with E-state index >= 15 is 0 Å². The summed E-state index contributed by atoms with van der Waals surface area (Å²) in [5.74, 6) is -1.91. The van der Waals surface area contributed by atoms with Crippen LogP contribution in [0.1, 0.15) is 20.8 Å². The Morgan fingerprint density at radius 1 is 0.875 bits per heavy atom. The summed E-state index contributed by atoms with van der Waals surface area (Å²) in [7, 11) is 2.44. The molecular formula is C14H21NO9. The molecular weight excluding hydrogens is 326 g/mol. The normalized spacial score (nSPS) is 25.8. The molecule has 1 aliphatic rings. The molecule has 0 bridgehead atoms. The molecule has 0 spiro atoms. The molecule has 0 aromatic heterocycles. The van der Waals surface area contributed by atoms with Gasteiger partial charge in [0, 0.05) is 27.9 Å². The molecule has 0 radical (unpaired) electrons. The number of esters is 3. The Morgan fingerprint density at radius 3 is 1.83 bits per heavy atom.